The minimum absolute atomic E-state index is 0.236. The second kappa shape index (κ2) is 7.12. The maximum atomic E-state index is 10.6. The summed E-state index contributed by atoms with van der Waals surface area (Å²) in [5, 5.41) is 10.6. The Morgan fingerprint density at radius 2 is 2.15 bits per heavy atom. The van der Waals surface area contributed by atoms with E-state index in [1.807, 2.05) is 6.07 Å². The van der Waals surface area contributed by atoms with Crippen molar-refractivity contribution in [2.75, 3.05) is 7.11 Å². The predicted octanol–water partition coefficient (Wildman–Crippen LogP) is 4.12. The SMILES string of the molecule is CCC1CCCC(C(O)Cc2cc(C)ccc2OC)C1. The van der Waals surface area contributed by atoms with Crippen LogP contribution in [0.5, 0.6) is 5.75 Å². The Hall–Kier alpha value is -1.02. The molecular formula is C18H28O2. The van der Waals surface area contributed by atoms with Crippen molar-refractivity contribution in [3.63, 3.8) is 0 Å². The molecule has 0 radical (unpaired) electrons. The van der Waals surface area contributed by atoms with Gasteiger partial charge in [-0.1, -0.05) is 43.9 Å². The van der Waals surface area contributed by atoms with Gasteiger partial charge >= 0.3 is 0 Å². The molecule has 1 aliphatic rings. The molecule has 1 N–H and O–H groups in total. The van der Waals surface area contributed by atoms with Crippen molar-refractivity contribution in [2.45, 2.75) is 58.5 Å². The zero-order valence-electron chi connectivity index (χ0n) is 13.1. The molecule has 0 amide bonds. The molecule has 1 saturated carbocycles. The fraction of sp³-hybridized carbons (Fsp3) is 0.667. The maximum absolute atomic E-state index is 10.6. The number of hydrogen-bond donors (Lipinski definition) is 1. The van der Waals surface area contributed by atoms with Crippen LogP contribution >= 0.6 is 0 Å². The molecule has 2 rings (SSSR count). The second-order valence-corrected chi connectivity index (χ2v) is 6.29. The highest BCUT2D eigenvalue weighted by molar-refractivity contribution is 5.37. The third-order valence-corrected chi connectivity index (χ3v) is 4.81. The molecule has 0 spiro atoms. The van der Waals surface area contributed by atoms with Crippen LogP contribution in [-0.2, 0) is 6.42 Å². The molecule has 0 heterocycles. The van der Waals surface area contributed by atoms with Gasteiger partial charge in [-0.2, -0.15) is 0 Å². The van der Waals surface area contributed by atoms with Gasteiger partial charge in [0.2, 0.25) is 0 Å². The Labute approximate surface area is 123 Å². The van der Waals surface area contributed by atoms with Crippen molar-refractivity contribution >= 4 is 0 Å². The standard InChI is InChI=1S/C18H28O2/c1-4-14-6-5-7-15(11-14)17(19)12-16-10-13(2)8-9-18(16)20-3/h8-10,14-15,17,19H,4-7,11-12H2,1-3H3. The number of rotatable bonds is 5. The smallest absolute Gasteiger partial charge is 0.122 e. The first-order valence-corrected chi connectivity index (χ1v) is 7.95. The lowest BCUT2D eigenvalue weighted by molar-refractivity contribution is 0.0680. The highest BCUT2D eigenvalue weighted by Crippen LogP contribution is 2.34. The number of aliphatic hydroxyl groups is 1. The van der Waals surface area contributed by atoms with Gasteiger partial charge in [0, 0.05) is 6.42 Å². The van der Waals surface area contributed by atoms with Gasteiger partial charge in [-0.3, -0.25) is 0 Å². The lowest BCUT2D eigenvalue weighted by atomic mass is 9.76. The summed E-state index contributed by atoms with van der Waals surface area (Å²) in [5.74, 6) is 2.17. The number of methoxy groups -OCH3 is 1. The average Bonchev–Trinajstić information content (AvgIpc) is 2.47. The first-order valence-electron chi connectivity index (χ1n) is 7.95. The van der Waals surface area contributed by atoms with Crippen LogP contribution in [0.4, 0.5) is 0 Å². The van der Waals surface area contributed by atoms with E-state index in [1.54, 1.807) is 7.11 Å². The van der Waals surface area contributed by atoms with Crippen LogP contribution in [0, 0.1) is 18.8 Å². The Morgan fingerprint density at radius 3 is 2.85 bits per heavy atom. The molecule has 2 nitrogen and oxygen atoms in total. The van der Waals surface area contributed by atoms with E-state index in [9.17, 15) is 5.11 Å². The van der Waals surface area contributed by atoms with Crippen LogP contribution in [0.1, 0.15) is 50.2 Å². The largest absolute Gasteiger partial charge is 0.496 e. The molecule has 0 aliphatic heterocycles. The van der Waals surface area contributed by atoms with Gasteiger partial charge in [-0.05, 0) is 43.2 Å². The third-order valence-electron chi connectivity index (χ3n) is 4.81. The first kappa shape index (κ1) is 15.4. The van der Waals surface area contributed by atoms with E-state index in [0.29, 0.717) is 12.3 Å². The van der Waals surface area contributed by atoms with Gasteiger partial charge in [0.15, 0.2) is 0 Å². The van der Waals surface area contributed by atoms with Crippen molar-refractivity contribution in [3.8, 4) is 5.75 Å². The van der Waals surface area contributed by atoms with Crippen molar-refractivity contribution in [3.05, 3.63) is 29.3 Å². The van der Waals surface area contributed by atoms with Gasteiger partial charge in [0.1, 0.15) is 5.75 Å². The maximum Gasteiger partial charge on any atom is 0.122 e. The number of aryl methyl sites for hydroxylation is 1. The monoisotopic (exact) mass is 276 g/mol. The number of aliphatic hydroxyl groups excluding tert-OH is 1. The fourth-order valence-corrected chi connectivity index (χ4v) is 3.51. The summed E-state index contributed by atoms with van der Waals surface area (Å²) in [7, 11) is 1.70. The average molecular weight is 276 g/mol. The summed E-state index contributed by atoms with van der Waals surface area (Å²) in [6, 6.07) is 6.21. The van der Waals surface area contributed by atoms with E-state index >= 15 is 0 Å². The molecule has 112 valence electrons. The molecule has 0 bridgehead atoms. The quantitative estimate of drug-likeness (QED) is 0.876. The summed E-state index contributed by atoms with van der Waals surface area (Å²) in [5.41, 5.74) is 2.36. The van der Waals surface area contributed by atoms with Gasteiger partial charge in [0.05, 0.1) is 13.2 Å². The zero-order valence-corrected chi connectivity index (χ0v) is 13.1. The van der Waals surface area contributed by atoms with Crippen LogP contribution in [0.2, 0.25) is 0 Å². The normalized spacial score (nSPS) is 24.4. The molecule has 1 fully saturated rings. The first-order chi connectivity index (χ1) is 9.63. The lowest BCUT2D eigenvalue weighted by Gasteiger charge is -2.32. The van der Waals surface area contributed by atoms with Crippen LogP contribution in [-0.4, -0.2) is 18.3 Å². The van der Waals surface area contributed by atoms with Crippen molar-refractivity contribution in [1.82, 2.24) is 0 Å². The second-order valence-electron chi connectivity index (χ2n) is 6.29. The summed E-state index contributed by atoms with van der Waals surface area (Å²) < 4.78 is 5.42. The minimum atomic E-state index is -0.236. The molecule has 1 aromatic carbocycles. The van der Waals surface area contributed by atoms with Crippen LogP contribution in [0.25, 0.3) is 0 Å². The number of hydrogen-bond acceptors (Lipinski definition) is 2. The van der Waals surface area contributed by atoms with E-state index < -0.39 is 0 Å². The Morgan fingerprint density at radius 1 is 1.35 bits per heavy atom. The minimum Gasteiger partial charge on any atom is -0.496 e. The number of benzene rings is 1. The zero-order chi connectivity index (χ0) is 14.5. The Kier molecular flexibility index (Phi) is 5.47. The summed E-state index contributed by atoms with van der Waals surface area (Å²) in [6.07, 6.45) is 6.69. The van der Waals surface area contributed by atoms with Gasteiger partial charge in [-0.25, -0.2) is 0 Å². The molecule has 3 unspecified atom stereocenters. The molecule has 3 atom stereocenters. The van der Waals surface area contributed by atoms with E-state index in [-0.39, 0.29) is 6.10 Å². The molecule has 0 saturated heterocycles. The molecule has 1 aromatic rings. The van der Waals surface area contributed by atoms with E-state index in [1.165, 1.54) is 37.7 Å². The summed E-state index contributed by atoms with van der Waals surface area (Å²) in [6.45, 7) is 4.35. The van der Waals surface area contributed by atoms with Gasteiger partial charge < -0.3 is 9.84 Å². The topological polar surface area (TPSA) is 29.5 Å². The van der Waals surface area contributed by atoms with Crippen molar-refractivity contribution in [2.24, 2.45) is 11.8 Å². The lowest BCUT2D eigenvalue weighted by Crippen LogP contribution is -2.28. The fourth-order valence-electron chi connectivity index (χ4n) is 3.51. The van der Waals surface area contributed by atoms with E-state index in [0.717, 1.165) is 17.2 Å². The molecular weight excluding hydrogens is 248 g/mol. The van der Waals surface area contributed by atoms with Crippen LogP contribution in [0.3, 0.4) is 0 Å². The summed E-state index contributed by atoms with van der Waals surface area (Å²) in [4.78, 5) is 0. The molecule has 0 aromatic heterocycles. The summed E-state index contributed by atoms with van der Waals surface area (Å²) >= 11 is 0. The molecule has 20 heavy (non-hydrogen) atoms. The third kappa shape index (κ3) is 3.76. The van der Waals surface area contributed by atoms with Crippen molar-refractivity contribution < 1.29 is 9.84 Å². The molecule has 2 heteroatoms. The van der Waals surface area contributed by atoms with E-state index in [2.05, 4.69) is 26.0 Å². The number of ether oxygens (including phenoxy) is 1. The van der Waals surface area contributed by atoms with E-state index in [4.69, 9.17) is 4.74 Å². The van der Waals surface area contributed by atoms with Crippen LogP contribution in [0.15, 0.2) is 18.2 Å². The molecule has 1 aliphatic carbocycles. The Balaban J connectivity index is 2.03. The van der Waals surface area contributed by atoms with Gasteiger partial charge in [0.25, 0.3) is 0 Å². The highest BCUT2D eigenvalue weighted by atomic mass is 16.5. The highest BCUT2D eigenvalue weighted by Gasteiger charge is 2.27. The van der Waals surface area contributed by atoms with Crippen molar-refractivity contribution in [1.29, 1.82) is 0 Å². The van der Waals surface area contributed by atoms with Crippen LogP contribution < -0.4 is 4.74 Å². The van der Waals surface area contributed by atoms with Gasteiger partial charge in [-0.15, -0.1) is 0 Å². The Bertz CT molecular complexity index is 427. The predicted molar refractivity (Wildman–Crippen MR) is 83.2 cm³/mol.